The van der Waals surface area contributed by atoms with E-state index in [2.05, 4.69) is 15.5 Å². The van der Waals surface area contributed by atoms with Crippen molar-refractivity contribution in [1.29, 1.82) is 0 Å². The fourth-order valence-corrected chi connectivity index (χ4v) is 2.34. The summed E-state index contributed by atoms with van der Waals surface area (Å²) in [6.07, 6.45) is 1.69. The molecule has 0 aromatic carbocycles. The molecule has 0 fully saturated rings. The summed E-state index contributed by atoms with van der Waals surface area (Å²) in [7, 11) is 0. The summed E-state index contributed by atoms with van der Waals surface area (Å²) in [5, 5.41) is 15.7. The molecule has 7 nitrogen and oxygen atoms in total. The van der Waals surface area contributed by atoms with Crippen LogP contribution >= 0.6 is 11.8 Å². The van der Waals surface area contributed by atoms with E-state index in [1.165, 1.54) is 30.1 Å². The molecule has 2 heterocycles. The van der Waals surface area contributed by atoms with Gasteiger partial charge < -0.3 is 14.9 Å². The molecule has 0 radical (unpaired) electrons. The van der Waals surface area contributed by atoms with Gasteiger partial charge in [-0.25, -0.2) is 9.78 Å². The van der Waals surface area contributed by atoms with Crippen molar-refractivity contribution < 1.29 is 19.2 Å². The second-order valence-electron chi connectivity index (χ2n) is 4.16. The standard InChI is InChI=1S/C13H13N3O4S/c1-8-6-10(16-20-8)15-11(17)3-5-21-12-7-9(13(18)19)2-4-14-12/h2,4,6-7H,3,5H2,1H3,(H,18,19)(H,15,16,17). The minimum atomic E-state index is -1.00. The largest absolute Gasteiger partial charge is 0.478 e. The highest BCUT2D eigenvalue weighted by molar-refractivity contribution is 7.99. The van der Waals surface area contributed by atoms with Gasteiger partial charge in [-0.1, -0.05) is 5.16 Å². The number of pyridine rings is 1. The zero-order valence-corrected chi connectivity index (χ0v) is 12.0. The van der Waals surface area contributed by atoms with Crippen LogP contribution in [0.1, 0.15) is 22.5 Å². The molecule has 2 N–H and O–H groups in total. The fourth-order valence-electron chi connectivity index (χ4n) is 1.50. The van der Waals surface area contributed by atoms with Crippen LogP contribution in [0.2, 0.25) is 0 Å². The van der Waals surface area contributed by atoms with Crippen LogP contribution in [-0.2, 0) is 4.79 Å². The van der Waals surface area contributed by atoms with Crippen LogP contribution in [0.15, 0.2) is 33.9 Å². The Hall–Kier alpha value is -2.35. The van der Waals surface area contributed by atoms with Crippen molar-refractivity contribution in [3.63, 3.8) is 0 Å². The Labute approximate surface area is 124 Å². The van der Waals surface area contributed by atoms with Crippen LogP contribution in [0.25, 0.3) is 0 Å². The first kappa shape index (κ1) is 15.0. The van der Waals surface area contributed by atoms with Gasteiger partial charge in [0.1, 0.15) is 5.76 Å². The molecule has 0 saturated heterocycles. The van der Waals surface area contributed by atoms with Gasteiger partial charge in [0, 0.05) is 24.4 Å². The molecule has 8 heteroatoms. The van der Waals surface area contributed by atoms with Crippen molar-refractivity contribution in [1.82, 2.24) is 10.1 Å². The number of aromatic carboxylic acids is 1. The molecule has 2 rings (SSSR count). The summed E-state index contributed by atoms with van der Waals surface area (Å²) >= 11 is 1.32. The van der Waals surface area contributed by atoms with Crippen molar-refractivity contribution in [2.75, 3.05) is 11.1 Å². The average molecular weight is 307 g/mol. The molecule has 0 spiro atoms. The van der Waals surface area contributed by atoms with Crippen molar-refractivity contribution in [3.05, 3.63) is 35.7 Å². The summed E-state index contributed by atoms with van der Waals surface area (Å²) in [6.45, 7) is 1.74. The Morgan fingerprint density at radius 1 is 1.43 bits per heavy atom. The van der Waals surface area contributed by atoms with Gasteiger partial charge in [0.05, 0.1) is 10.6 Å². The third kappa shape index (κ3) is 4.60. The van der Waals surface area contributed by atoms with Crippen LogP contribution in [0.5, 0.6) is 0 Å². The van der Waals surface area contributed by atoms with Gasteiger partial charge in [-0.2, -0.15) is 0 Å². The number of thioether (sulfide) groups is 1. The zero-order valence-electron chi connectivity index (χ0n) is 11.2. The van der Waals surface area contributed by atoms with E-state index in [0.717, 1.165) is 0 Å². The number of aryl methyl sites for hydroxylation is 1. The Balaban J connectivity index is 1.80. The number of nitrogens with one attached hydrogen (secondary N) is 1. The van der Waals surface area contributed by atoms with E-state index in [1.54, 1.807) is 13.0 Å². The molecule has 0 bridgehead atoms. The van der Waals surface area contributed by atoms with Gasteiger partial charge >= 0.3 is 5.97 Å². The summed E-state index contributed by atoms with van der Waals surface area (Å²) in [4.78, 5) is 26.5. The number of carboxylic acid groups (broad SMARTS) is 1. The molecular formula is C13H13N3O4S. The van der Waals surface area contributed by atoms with Gasteiger partial charge in [0.15, 0.2) is 5.82 Å². The Morgan fingerprint density at radius 2 is 2.24 bits per heavy atom. The molecule has 2 aromatic rings. The SMILES string of the molecule is Cc1cc(NC(=O)CCSc2cc(C(=O)O)ccn2)no1. The fraction of sp³-hybridized carbons (Fsp3) is 0.231. The van der Waals surface area contributed by atoms with E-state index >= 15 is 0 Å². The van der Waals surface area contributed by atoms with Gasteiger partial charge in [0.25, 0.3) is 0 Å². The Kier molecular flexibility index (Phi) is 4.94. The van der Waals surface area contributed by atoms with E-state index in [1.807, 2.05) is 0 Å². The maximum Gasteiger partial charge on any atom is 0.335 e. The van der Waals surface area contributed by atoms with Crippen LogP contribution in [-0.4, -0.2) is 32.9 Å². The summed E-state index contributed by atoms with van der Waals surface area (Å²) < 4.78 is 4.84. The average Bonchev–Trinajstić information content (AvgIpc) is 2.84. The molecule has 1 amide bonds. The van der Waals surface area contributed by atoms with Crippen molar-refractivity contribution >= 4 is 29.5 Å². The number of nitrogens with zero attached hydrogens (tertiary/aromatic N) is 2. The van der Waals surface area contributed by atoms with Crippen LogP contribution < -0.4 is 5.32 Å². The predicted octanol–water partition coefficient (Wildman–Crippen LogP) is 2.20. The zero-order chi connectivity index (χ0) is 15.2. The minimum absolute atomic E-state index is 0.176. The number of amides is 1. The monoisotopic (exact) mass is 307 g/mol. The molecule has 0 atom stereocenters. The number of hydrogen-bond acceptors (Lipinski definition) is 6. The van der Waals surface area contributed by atoms with E-state index < -0.39 is 5.97 Å². The number of aromatic nitrogens is 2. The third-order valence-electron chi connectivity index (χ3n) is 2.46. The van der Waals surface area contributed by atoms with Crippen LogP contribution in [0.4, 0.5) is 5.82 Å². The third-order valence-corrected chi connectivity index (χ3v) is 3.38. The molecule has 21 heavy (non-hydrogen) atoms. The van der Waals surface area contributed by atoms with E-state index in [-0.39, 0.29) is 17.9 Å². The lowest BCUT2D eigenvalue weighted by atomic mass is 10.3. The number of hydrogen-bond donors (Lipinski definition) is 2. The van der Waals surface area contributed by atoms with Crippen LogP contribution in [0, 0.1) is 6.92 Å². The molecule has 0 unspecified atom stereocenters. The first-order chi connectivity index (χ1) is 10.0. The predicted molar refractivity (Wildman–Crippen MR) is 76.4 cm³/mol. The molecular weight excluding hydrogens is 294 g/mol. The van der Waals surface area contributed by atoms with E-state index in [0.29, 0.717) is 22.4 Å². The Morgan fingerprint density at radius 3 is 2.90 bits per heavy atom. The summed E-state index contributed by atoms with van der Waals surface area (Å²) in [5.41, 5.74) is 0.176. The lowest BCUT2D eigenvalue weighted by Gasteiger charge is -2.02. The lowest BCUT2D eigenvalue weighted by molar-refractivity contribution is -0.115. The quantitative estimate of drug-likeness (QED) is 0.788. The summed E-state index contributed by atoms with van der Waals surface area (Å²) in [6, 6.07) is 4.53. The first-order valence-corrected chi connectivity index (χ1v) is 7.08. The van der Waals surface area contributed by atoms with E-state index in [4.69, 9.17) is 9.63 Å². The van der Waals surface area contributed by atoms with E-state index in [9.17, 15) is 9.59 Å². The molecule has 0 saturated carbocycles. The molecule has 0 aliphatic heterocycles. The Bertz CT molecular complexity index is 656. The lowest BCUT2D eigenvalue weighted by Crippen LogP contribution is -2.12. The molecule has 0 aliphatic carbocycles. The number of carbonyl (C=O) groups is 2. The van der Waals surface area contributed by atoms with Gasteiger partial charge in [-0.3, -0.25) is 4.79 Å². The number of rotatable bonds is 6. The number of anilines is 1. The molecule has 2 aromatic heterocycles. The van der Waals surface area contributed by atoms with Gasteiger partial charge in [-0.05, 0) is 19.1 Å². The normalized spacial score (nSPS) is 10.3. The second-order valence-corrected chi connectivity index (χ2v) is 5.27. The highest BCUT2D eigenvalue weighted by Gasteiger charge is 2.08. The highest BCUT2D eigenvalue weighted by Crippen LogP contribution is 2.17. The number of carbonyl (C=O) groups excluding carboxylic acids is 1. The van der Waals surface area contributed by atoms with Crippen molar-refractivity contribution in [2.24, 2.45) is 0 Å². The smallest absolute Gasteiger partial charge is 0.335 e. The van der Waals surface area contributed by atoms with Gasteiger partial charge in [-0.15, -0.1) is 11.8 Å². The van der Waals surface area contributed by atoms with Crippen molar-refractivity contribution in [2.45, 2.75) is 18.4 Å². The van der Waals surface area contributed by atoms with Gasteiger partial charge in [0.2, 0.25) is 5.91 Å². The number of carboxylic acids is 1. The molecule has 110 valence electrons. The minimum Gasteiger partial charge on any atom is -0.478 e. The first-order valence-electron chi connectivity index (χ1n) is 6.10. The topological polar surface area (TPSA) is 105 Å². The second kappa shape index (κ2) is 6.89. The maximum atomic E-state index is 11.7. The van der Waals surface area contributed by atoms with Crippen LogP contribution in [0.3, 0.4) is 0 Å². The highest BCUT2D eigenvalue weighted by atomic mass is 32.2. The maximum absolute atomic E-state index is 11.7. The van der Waals surface area contributed by atoms with Crippen molar-refractivity contribution in [3.8, 4) is 0 Å². The molecule has 0 aliphatic rings. The summed E-state index contributed by atoms with van der Waals surface area (Å²) in [5.74, 6) is 0.296.